The van der Waals surface area contributed by atoms with Crippen LogP contribution in [0.25, 0.3) is 0 Å². The molecule has 0 aliphatic carbocycles. The van der Waals surface area contributed by atoms with E-state index in [4.69, 9.17) is 0 Å². The van der Waals surface area contributed by atoms with E-state index in [1.165, 1.54) is 12.0 Å². The van der Waals surface area contributed by atoms with Crippen molar-refractivity contribution in [2.45, 2.75) is 60.0 Å². The predicted octanol–water partition coefficient (Wildman–Crippen LogP) is 4.80. The third kappa shape index (κ3) is 4.13. The van der Waals surface area contributed by atoms with Crippen molar-refractivity contribution in [1.29, 1.82) is 0 Å². The van der Waals surface area contributed by atoms with Crippen LogP contribution < -0.4 is 5.32 Å². The van der Waals surface area contributed by atoms with Crippen LogP contribution in [0.2, 0.25) is 0 Å². The van der Waals surface area contributed by atoms with Gasteiger partial charge in [0.05, 0.1) is 0 Å². The summed E-state index contributed by atoms with van der Waals surface area (Å²) in [6, 6.07) is 11.8. The van der Waals surface area contributed by atoms with Gasteiger partial charge >= 0.3 is 0 Å². The van der Waals surface area contributed by atoms with Gasteiger partial charge in [-0.1, -0.05) is 71.9 Å². The van der Waals surface area contributed by atoms with E-state index in [2.05, 4.69) is 77.2 Å². The van der Waals surface area contributed by atoms with Crippen molar-refractivity contribution in [1.82, 2.24) is 5.32 Å². The second-order valence-corrected chi connectivity index (χ2v) is 6.64. The van der Waals surface area contributed by atoms with E-state index in [0.29, 0.717) is 18.0 Å². The molecule has 0 amide bonds. The maximum Gasteiger partial charge on any atom is 0.0371 e. The molecule has 0 saturated heterocycles. The summed E-state index contributed by atoms with van der Waals surface area (Å²) in [6.07, 6.45) is 1.18. The van der Waals surface area contributed by atoms with E-state index in [1.54, 1.807) is 0 Å². The summed E-state index contributed by atoms with van der Waals surface area (Å²) < 4.78 is 0. The molecular formula is C17H29N. The highest BCUT2D eigenvalue weighted by Gasteiger charge is 2.28. The standard InChI is InChI=1S/C17H29N/c1-7-15(13(2)3)18-16(17(4,5)6)14-11-9-8-10-12-14/h8-13,15-16,18H,7H2,1-6H3. The molecule has 0 bridgehead atoms. The van der Waals surface area contributed by atoms with Crippen molar-refractivity contribution in [2.24, 2.45) is 11.3 Å². The minimum absolute atomic E-state index is 0.226. The fraction of sp³-hybridized carbons (Fsp3) is 0.647. The van der Waals surface area contributed by atoms with Gasteiger partial charge < -0.3 is 5.32 Å². The van der Waals surface area contributed by atoms with Crippen LogP contribution in [0.5, 0.6) is 0 Å². The van der Waals surface area contributed by atoms with Gasteiger partial charge in [0.2, 0.25) is 0 Å². The Morgan fingerprint density at radius 2 is 1.61 bits per heavy atom. The van der Waals surface area contributed by atoms with Crippen molar-refractivity contribution in [3.63, 3.8) is 0 Å². The Morgan fingerprint density at radius 3 is 2.00 bits per heavy atom. The molecule has 0 radical (unpaired) electrons. The summed E-state index contributed by atoms with van der Waals surface area (Å²) in [7, 11) is 0. The van der Waals surface area contributed by atoms with Crippen molar-refractivity contribution >= 4 is 0 Å². The topological polar surface area (TPSA) is 12.0 Å². The molecule has 2 atom stereocenters. The molecule has 0 aromatic heterocycles. The number of hydrogen-bond acceptors (Lipinski definition) is 1. The summed E-state index contributed by atoms with van der Waals surface area (Å²) in [4.78, 5) is 0. The summed E-state index contributed by atoms with van der Waals surface area (Å²) in [6.45, 7) is 13.8. The Kier molecular flexibility index (Phi) is 5.40. The SMILES string of the molecule is CCC(NC(c1ccccc1)C(C)(C)C)C(C)C. The van der Waals surface area contributed by atoms with Crippen LogP contribution in [0.15, 0.2) is 30.3 Å². The Bertz CT molecular complexity index is 334. The molecule has 1 heteroatoms. The van der Waals surface area contributed by atoms with E-state index in [1.807, 2.05) is 0 Å². The van der Waals surface area contributed by atoms with Crippen molar-refractivity contribution in [3.05, 3.63) is 35.9 Å². The lowest BCUT2D eigenvalue weighted by Crippen LogP contribution is -2.41. The second kappa shape index (κ2) is 6.38. The summed E-state index contributed by atoms with van der Waals surface area (Å²) in [5.74, 6) is 0.670. The fourth-order valence-corrected chi connectivity index (χ4v) is 2.49. The number of hydrogen-bond donors (Lipinski definition) is 1. The van der Waals surface area contributed by atoms with Crippen LogP contribution in [-0.2, 0) is 0 Å². The third-order valence-electron chi connectivity index (χ3n) is 3.62. The van der Waals surface area contributed by atoms with Gasteiger partial charge in [-0.15, -0.1) is 0 Å². The minimum Gasteiger partial charge on any atom is -0.306 e. The molecule has 18 heavy (non-hydrogen) atoms. The average molecular weight is 247 g/mol. The molecule has 1 N–H and O–H groups in total. The summed E-state index contributed by atoms with van der Waals surface area (Å²) >= 11 is 0. The quantitative estimate of drug-likeness (QED) is 0.788. The van der Waals surface area contributed by atoms with Gasteiger partial charge in [-0.3, -0.25) is 0 Å². The molecule has 2 unspecified atom stereocenters. The van der Waals surface area contributed by atoms with Crippen LogP contribution in [0.4, 0.5) is 0 Å². The van der Waals surface area contributed by atoms with Gasteiger partial charge in [-0.25, -0.2) is 0 Å². The lowest BCUT2D eigenvalue weighted by atomic mass is 9.81. The van der Waals surface area contributed by atoms with E-state index in [9.17, 15) is 0 Å². The monoisotopic (exact) mass is 247 g/mol. The zero-order valence-corrected chi connectivity index (χ0v) is 12.8. The first-order valence-corrected chi connectivity index (χ1v) is 7.17. The Morgan fingerprint density at radius 1 is 1.06 bits per heavy atom. The Hall–Kier alpha value is -0.820. The lowest BCUT2D eigenvalue weighted by molar-refractivity contribution is 0.224. The van der Waals surface area contributed by atoms with Crippen LogP contribution in [0.1, 0.15) is 59.6 Å². The highest BCUT2D eigenvalue weighted by Crippen LogP contribution is 2.33. The molecule has 0 fully saturated rings. The van der Waals surface area contributed by atoms with Gasteiger partial charge in [0, 0.05) is 12.1 Å². The number of benzene rings is 1. The smallest absolute Gasteiger partial charge is 0.0371 e. The van der Waals surface area contributed by atoms with Gasteiger partial charge in [0.15, 0.2) is 0 Å². The van der Waals surface area contributed by atoms with Crippen LogP contribution in [0.3, 0.4) is 0 Å². The lowest BCUT2D eigenvalue weighted by Gasteiger charge is -2.36. The molecule has 0 aliphatic heterocycles. The minimum atomic E-state index is 0.226. The Labute approximate surface area is 113 Å². The second-order valence-electron chi connectivity index (χ2n) is 6.64. The van der Waals surface area contributed by atoms with E-state index in [-0.39, 0.29) is 5.41 Å². The molecule has 102 valence electrons. The highest BCUT2D eigenvalue weighted by atomic mass is 15.0. The molecule has 0 heterocycles. The first kappa shape index (κ1) is 15.2. The third-order valence-corrected chi connectivity index (χ3v) is 3.62. The summed E-state index contributed by atoms with van der Waals surface area (Å²) in [5, 5.41) is 3.86. The maximum atomic E-state index is 3.86. The van der Waals surface area contributed by atoms with E-state index in [0.717, 1.165) is 0 Å². The largest absolute Gasteiger partial charge is 0.306 e. The molecule has 1 nitrogen and oxygen atoms in total. The van der Waals surface area contributed by atoms with Crippen molar-refractivity contribution < 1.29 is 0 Å². The first-order chi connectivity index (χ1) is 8.36. The molecule has 0 spiro atoms. The zero-order chi connectivity index (χ0) is 13.8. The molecular weight excluding hydrogens is 218 g/mol. The van der Waals surface area contributed by atoms with Gasteiger partial charge in [0.25, 0.3) is 0 Å². The number of nitrogens with one attached hydrogen (secondary N) is 1. The Balaban J connectivity index is 2.94. The summed E-state index contributed by atoms with van der Waals surface area (Å²) in [5.41, 5.74) is 1.62. The van der Waals surface area contributed by atoms with Crippen LogP contribution in [-0.4, -0.2) is 6.04 Å². The fourth-order valence-electron chi connectivity index (χ4n) is 2.49. The normalized spacial score (nSPS) is 15.7. The first-order valence-electron chi connectivity index (χ1n) is 7.17. The zero-order valence-electron chi connectivity index (χ0n) is 12.8. The molecule has 0 saturated carbocycles. The van der Waals surface area contributed by atoms with E-state index >= 15 is 0 Å². The maximum absolute atomic E-state index is 3.86. The van der Waals surface area contributed by atoms with Crippen LogP contribution in [0, 0.1) is 11.3 Å². The van der Waals surface area contributed by atoms with Gasteiger partial charge in [-0.05, 0) is 23.3 Å². The van der Waals surface area contributed by atoms with Gasteiger partial charge in [0.1, 0.15) is 0 Å². The highest BCUT2D eigenvalue weighted by molar-refractivity contribution is 5.21. The molecule has 1 aromatic carbocycles. The van der Waals surface area contributed by atoms with Gasteiger partial charge in [-0.2, -0.15) is 0 Å². The van der Waals surface area contributed by atoms with Crippen molar-refractivity contribution in [3.8, 4) is 0 Å². The average Bonchev–Trinajstić information content (AvgIpc) is 2.29. The molecule has 0 aliphatic rings. The number of rotatable bonds is 5. The van der Waals surface area contributed by atoms with Crippen molar-refractivity contribution in [2.75, 3.05) is 0 Å². The van der Waals surface area contributed by atoms with E-state index < -0.39 is 0 Å². The molecule has 1 aromatic rings. The van der Waals surface area contributed by atoms with Crippen LogP contribution >= 0.6 is 0 Å². The predicted molar refractivity (Wildman–Crippen MR) is 80.7 cm³/mol. The molecule has 1 rings (SSSR count).